The van der Waals surface area contributed by atoms with Crippen LogP contribution >= 0.6 is 0 Å². The van der Waals surface area contributed by atoms with Gasteiger partial charge in [0, 0.05) is 32.4 Å². The van der Waals surface area contributed by atoms with Gasteiger partial charge in [0.2, 0.25) is 5.91 Å². The molecule has 19 heteroatoms. The van der Waals surface area contributed by atoms with Crippen LogP contribution in [0.15, 0.2) is 61.4 Å². The van der Waals surface area contributed by atoms with E-state index in [1.807, 2.05) is 6.07 Å². The molecule has 6 aromatic rings. The molecule has 0 saturated carbocycles. The fourth-order valence-corrected chi connectivity index (χ4v) is 5.54. The summed E-state index contributed by atoms with van der Waals surface area (Å²) in [6.45, 7) is 1.88. The highest BCUT2D eigenvalue weighted by Crippen LogP contribution is 2.30. The molecule has 268 valence electrons. The maximum atomic E-state index is 12.6. The van der Waals surface area contributed by atoms with E-state index in [4.69, 9.17) is 15.2 Å². The number of rotatable bonds is 7. The lowest BCUT2D eigenvalue weighted by molar-refractivity contribution is -0.119. The van der Waals surface area contributed by atoms with E-state index < -0.39 is 5.91 Å². The fraction of sp³-hybridized carbons (Fsp3) is 0.147. The van der Waals surface area contributed by atoms with Crippen LogP contribution in [-0.2, 0) is 27.5 Å². The standard InChI is InChI=1S/C18H16N6O4.C16H14N6O3/c1-9(25)23-12-6-19-16-15(12)21-8-22-17(16)18(27)20-5-10-2-3-13-11(4-10)24-14(26)7-28-13;17-9-5-18-14-13(9)20-7-21-15(14)16(24)19-4-8-1-2-11-10(3-8)22-12(23)6-25-11/h2-4,6,8,19H,5,7H2,1H3,(H,20,27)(H,23,25)(H,24,26);1-3,5,7,18H,4,6,17H2,(H,19,24)(H,22,23). The summed E-state index contributed by atoms with van der Waals surface area (Å²) in [6, 6.07) is 10.6. The predicted molar refractivity (Wildman–Crippen MR) is 190 cm³/mol. The summed E-state index contributed by atoms with van der Waals surface area (Å²) >= 11 is 0. The van der Waals surface area contributed by atoms with Crippen LogP contribution in [-0.4, -0.2) is 72.7 Å². The molecular weight excluding hydrogens is 688 g/mol. The Kier molecular flexibility index (Phi) is 9.18. The van der Waals surface area contributed by atoms with E-state index in [0.29, 0.717) is 56.3 Å². The summed E-state index contributed by atoms with van der Waals surface area (Å²) in [7, 11) is 0. The molecule has 4 aromatic heterocycles. The third-order valence-electron chi connectivity index (χ3n) is 7.96. The fourth-order valence-electron chi connectivity index (χ4n) is 5.54. The number of hydrogen-bond acceptors (Lipinski definition) is 12. The van der Waals surface area contributed by atoms with Gasteiger partial charge in [0.25, 0.3) is 23.6 Å². The number of amides is 5. The Labute approximate surface area is 298 Å². The number of hydrogen-bond donors (Lipinski definition) is 8. The summed E-state index contributed by atoms with van der Waals surface area (Å²) in [6.07, 6.45) is 5.70. The number of nitrogens with one attached hydrogen (secondary N) is 7. The average Bonchev–Trinajstić information content (AvgIpc) is 3.75. The first kappa shape index (κ1) is 33.9. The Morgan fingerprint density at radius 1 is 0.736 bits per heavy atom. The van der Waals surface area contributed by atoms with Crippen molar-refractivity contribution >= 4 is 74.4 Å². The Bertz CT molecular complexity index is 2440. The van der Waals surface area contributed by atoms with Gasteiger partial charge in [0.05, 0.1) is 33.8 Å². The molecule has 0 unspecified atom stereocenters. The molecule has 5 amide bonds. The lowest BCUT2D eigenvalue weighted by Crippen LogP contribution is -2.26. The summed E-state index contributed by atoms with van der Waals surface area (Å²) in [4.78, 5) is 81.2. The zero-order valence-corrected chi connectivity index (χ0v) is 27.8. The topological polar surface area (TPSA) is 273 Å². The van der Waals surface area contributed by atoms with Crippen molar-refractivity contribution in [3.8, 4) is 11.5 Å². The Balaban J connectivity index is 0.000000165. The molecule has 2 aliphatic heterocycles. The monoisotopic (exact) mass is 718 g/mol. The van der Waals surface area contributed by atoms with Gasteiger partial charge in [0.1, 0.15) is 35.2 Å². The van der Waals surface area contributed by atoms with Crippen LogP contribution in [0.3, 0.4) is 0 Å². The number of H-pyrrole nitrogens is 2. The van der Waals surface area contributed by atoms with Crippen molar-refractivity contribution in [3.63, 3.8) is 0 Å². The number of anilines is 4. The summed E-state index contributed by atoms with van der Waals surface area (Å²) < 4.78 is 10.6. The third kappa shape index (κ3) is 7.33. The number of ether oxygens (including phenoxy) is 2. The van der Waals surface area contributed by atoms with Gasteiger partial charge >= 0.3 is 0 Å². The quantitative estimate of drug-likeness (QED) is 0.118. The molecule has 2 aliphatic rings. The van der Waals surface area contributed by atoms with E-state index in [9.17, 15) is 24.0 Å². The third-order valence-corrected chi connectivity index (χ3v) is 7.96. The molecular formula is C34H30N12O7. The number of fused-ring (bicyclic) bond motifs is 4. The summed E-state index contributed by atoms with van der Waals surface area (Å²) in [5.41, 5.74) is 11.7. The van der Waals surface area contributed by atoms with Crippen LogP contribution in [0.4, 0.5) is 22.7 Å². The second kappa shape index (κ2) is 14.3. The minimum Gasteiger partial charge on any atom is -0.482 e. The maximum Gasteiger partial charge on any atom is 0.272 e. The average molecular weight is 719 g/mol. The Hall–Kier alpha value is -7.57. The van der Waals surface area contributed by atoms with E-state index in [1.165, 1.54) is 19.6 Å². The van der Waals surface area contributed by atoms with E-state index in [-0.39, 0.29) is 61.3 Å². The van der Waals surface area contributed by atoms with Gasteiger partial charge in [0.15, 0.2) is 24.6 Å². The van der Waals surface area contributed by atoms with Gasteiger partial charge in [-0.2, -0.15) is 0 Å². The van der Waals surface area contributed by atoms with Gasteiger partial charge in [-0.1, -0.05) is 12.1 Å². The van der Waals surface area contributed by atoms with Crippen molar-refractivity contribution in [2.24, 2.45) is 0 Å². The van der Waals surface area contributed by atoms with E-state index >= 15 is 0 Å². The molecule has 0 spiro atoms. The largest absolute Gasteiger partial charge is 0.482 e. The Morgan fingerprint density at radius 2 is 1.25 bits per heavy atom. The lowest BCUT2D eigenvalue weighted by atomic mass is 10.1. The number of benzene rings is 2. The van der Waals surface area contributed by atoms with Crippen molar-refractivity contribution in [1.29, 1.82) is 0 Å². The number of aromatic amines is 2. The van der Waals surface area contributed by atoms with Crippen LogP contribution in [0, 0.1) is 0 Å². The van der Waals surface area contributed by atoms with Gasteiger partial charge in [-0.25, -0.2) is 19.9 Å². The maximum absolute atomic E-state index is 12.6. The molecule has 0 atom stereocenters. The van der Waals surface area contributed by atoms with Gasteiger partial charge in [-0.15, -0.1) is 0 Å². The van der Waals surface area contributed by atoms with Crippen molar-refractivity contribution in [3.05, 3.63) is 84.0 Å². The van der Waals surface area contributed by atoms with E-state index in [2.05, 4.69) is 56.5 Å². The molecule has 0 aliphatic carbocycles. The molecule has 9 N–H and O–H groups in total. The first-order chi connectivity index (χ1) is 25.6. The molecule has 19 nitrogen and oxygen atoms in total. The van der Waals surface area contributed by atoms with Crippen molar-refractivity contribution in [2.45, 2.75) is 20.0 Å². The van der Waals surface area contributed by atoms with Gasteiger partial charge in [-0.3, -0.25) is 24.0 Å². The zero-order chi connectivity index (χ0) is 37.1. The van der Waals surface area contributed by atoms with Crippen molar-refractivity contribution < 1.29 is 33.4 Å². The number of nitrogens with two attached hydrogens (primary N) is 1. The van der Waals surface area contributed by atoms with Crippen LogP contribution in [0.2, 0.25) is 0 Å². The van der Waals surface area contributed by atoms with Crippen LogP contribution < -0.4 is 41.8 Å². The second-order valence-electron chi connectivity index (χ2n) is 11.7. The molecule has 2 aromatic carbocycles. The molecule has 8 rings (SSSR count). The van der Waals surface area contributed by atoms with E-state index in [0.717, 1.165) is 11.1 Å². The van der Waals surface area contributed by atoms with Crippen molar-refractivity contribution in [1.82, 2.24) is 40.5 Å². The van der Waals surface area contributed by atoms with Gasteiger partial charge < -0.3 is 51.8 Å². The number of aromatic nitrogens is 6. The first-order valence-corrected chi connectivity index (χ1v) is 16.0. The minimum atomic E-state index is -0.401. The normalized spacial score (nSPS) is 12.8. The van der Waals surface area contributed by atoms with Crippen LogP contribution in [0.25, 0.3) is 22.1 Å². The van der Waals surface area contributed by atoms with Crippen LogP contribution in [0.1, 0.15) is 39.0 Å². The number of nitrogens with zero attached hydrogens (tertiary/aromatic N) is 4. The molecule has 0 saturated heterocycles. The molecule has 0 radical (unpaired) electrons. The Morgan fingerprint density at radius 3 is 1.79 bits per heavy atom. The highest BCUT2D eigenvalue weighted by molar-refractivity contribution is 6.08. The highest BCUT2D eigenvalue weighted by Gasteiger charge is 2.20. The second-order valence-corrected chi connectivity index (χ2v) is 11.7. The number of nitrogen functional groups attached to an aromatic ring is 1. The lowest BCUT2D eigenvalue weighted by Gasteiger charge is -2.18. The molecule has 0 bridgehead atoms. The molecule has 53 heavy (non-hydrogen) atoms. The number of carbonyl (C=O) groups is 5. The van der Waals surface area contributed by atoms with Crippen LogP contribution in [0.5, 0.6) is 11.5 Å². The predicted octanol–water partition coefficient (Wildman–Crippen LogP) is 1.98. The molecule has 6 heterocycles. The van der Waals surface area contributed by atoms with Gasteiger partial charge in [-0.05, 0) is 35.4 Å². The zero-order valence-electron chi connectivity index (χ0n) is 27.8. The number of carbonyl (C=O) groups excluding carboxylic acids is 5. The molecule has 0 fully saturated rings. The smallest absolute Gasteiger partial charge is 0.272 e. The van der Waals surface area contributed by atoms with E-state index in [1.54, 1.807) is 42.7 Å². The van der Waals surface area contributed by atoms with Crippen molar-refractivity contribution in [2.75, 3.05) is 34.9 Å². The minimum absolute atomic E-state index is 0.00602. The first-order valence-electron chi connectivity index (χ1n) is 16.0. The summed E-state index contributed by atoms with van der Waals surface area (Å²) in [5.74, 6) is -0.235. The highest BCUT2D eigenvalue weighted by atomic mass is 16.5. The summed E-state index contributed by atoms with van der Waals surface area (Å²) in [5, 5.41) is 13.7. The SMILES string of the molecule is CC(=O)Nc1c[nH]c2c(C(=O)NCc3ccc4c(c3)NC(=O)CO4)ncnc12.Nc1c[nH]c2c(C(=O)NCc3ccc4c(c3)NC(=O)CO4)ncnc12.